The number of rotatable bonds is 3. The predicted octanol–water partition coefficient (Wildman–Crippen LogP) is 1.58. The number of hydrogen-bond donors (Lipinski definition) is 1. The van der Waals surface area contributed by atoms with Gasteiger partial charge in [-0.25, -0.2) is 9.18 Å². The van der Waals surface area contributed by atoms with Gasteiger partial charge in [-0.05, 0) is 24.6 Å². The summed E-state index contributed by atoms with van der Waals surface area (Å²) in [5.41, 5.74) is 0.470. The maximum atomic E-state index is 13.8. The van der Waals surface area contributed by atoms with E-state index in [0.29, 0.717) is 31.7 Å². The lowest BCUT2D eigenvalue weighted by Gasteiger charge is -2.21. The normalized spacial score (nSPS) is 16.6. The Kier molecular flexibility index (Phi) is 4.90. The lowest BCUT2D eigenvalue weighted by atomic mass is 10.1. The van der Waals surface area contributed by atoms with Crippen LogP contribution in [0.2, 0.25) is 0 Å². The molecule has 5 nitrogen and oxygen atoms in total. The van der Waals surface area contributed by atoms with Crippen molar-refractivity contribution in [3.8, 4) is 0 Å². The van der Waals surface area contributed by atoms with E-state index in [2.05, 4.69) is 0 Å². The van der Waals surface area contributed by atoms with Gasteiger partial charge in [-0.15, -0.1) is 0 Å². The molecule has 1 saturated heterocycles. The fraction of sp³-hybridized carbons (Fsp3) is 0.467. The standard InChI is InChI=1S/C15H19FN2O3/c1-11(19)18-6-2-5-17(7-8-18)10-13-9-12(15(20)21)3-4-14(13)16/h3-4,9H,2,5-8,10H2,1H3,(H,20,21). The molecule has 1 aromatic rings. The summed E-state index contributed by atoms with van der Waals surface area (Å²) in [6.45, 7) is 4.67. The molecule has 0 aromatic heterocycles. The average molecular weight is 294 g/mol. The Hall–Kier alpha value is -1.95. The Morgan fingerprint density at radius 2 is 2.00 bits per heavy atom. The number of aromatic carboxylic acids is 1. The molecule has 0 bridgehead atoms. The Morgan fingerprint density at radius 1 is 1.24 bits per heavy atom. The largest absolute Gasteiger partial charge is 0.478 e. The molecule has 1 fully saturated rings. The van der Waals surface area contributed by atoms with Crippen molar-refractivity contribution in [2.75, 3.05) is 26.2 Å². The molecule has 0 aliphatic carbocycles. The van der Waals surface area contributed by atoms with Crippen LogP contribution in [0.5, 0.6) is 0 Å². The first kappa shape index (κ1) is 15.4. The Labute approximate surface area is 123 Å². The molecule has 1 aliphatic rings. The summed E-state index contributed by atoms with van der Waals surface area (Å²) in [5, 5.41) is 8.97. The van der Waals surface area contributed by atoms with E-state index < -0.39 is 11.8 Å². The molecule has 6 heteroatoms. The van der Waals surface area contributed by atoms with Crippen molar-refractivity contribution in [1.82, 2.24) is 9.80 Å². The number of carboxylic acid groups (broad SMARTS) is 1. The molecule has 1 aliphatic heterocycles. The van der Waals surface area contributed by atoms with Gasteiger partial charge in [-0.3, -0.25) is 9.69 Å². The van der Waals surface area contributed by atoms with E-state index >= 15 is 0 Å². The van der Waals surface area contributed by atoms with Crippen LogP contribution < -0.4 is 0 Å². The quantitative estimate of drug-likeness (QED) is 0.919. The first-order valence-corrected chi connectivity index (χ1v) is 6.97. The molecule has 1 heterocycles. The van der Waals surface area contributed by atoms with Crippen molar-refractivity contribution in [3.05, 3.63) is 35.1 Å². The third-order valence-electron chi connectivity index (χ3n) is 3.72. The molecule has 2 rings (SSSR count). The highest BCUT2D eigenvalue weighted by molar-refractivity contribution is 5.87. The minimum atomic E-state index is -1.06. The molecule has 1 aromatic carbocycles. The van der Waals surface area contributed by atoms with Gasteiger partial charge in [0.1, 0.15) is 5.82 Å². The van der Waals surface area contributed by atoms with Gasteiger partial charge >= 0.3 is 5.97 Å². The number of hydrogen-bond acceptors (Lipinski definition) is 3. The van der Waals surface area contributed by atoms with E-state index in [9.17, 15) is 14.0 Å². The molecule has 0 atom stereocenters. The van der Waals surface area contributed by atoms with E-state index in [0.717, 1.165) is 13.0 Å². The van der Waals surface area contributed by atoms with E-state index in [4.69, 9.17) is 5.11 Å². The lowest BCUT2D eigenvalue weighted by Crippen LogP contribution is -2.33. The van der Waals surface area contributed by atoms with E-state index in [1.807, 2.05) is 4.90 Å². The minimum absolute atomic E-state index is 0.0518. The smallest absolute Gasteiger partial charge is 0.335 e. The highest BCUT2D eigenvalue weighted by Gasteiger charge is 2.18. The molecular formula is C15H19FN2O3. The van der Waals surface area contributed by atoms with Crippen LogP contribution in [0.15, 0.2) is 18.2 Å². The van der Waals surface area contributed by atoms with Gasteiger partial charge in [0.2, 0.25) is 5.91 Å². The van der Waals surface area contributed by atoms with Gasteiger partial charge in [-0.2, -0.15) is 0 Å². The van der Waals surface area contributed by atoms with Crippen LogP contribution >= 0.6 is 0 Å². The first-order chi connectivity index (χ1) is 9.97. The number of benzene rings is 1. The molecule has 21 heavy (non-hydrogen) atoms. The van der Waals surface area contributed by atoms with Gasteiger partial charge in [-0.1, -0.05) is 0 Å². The van der Waals surface area contributed by atoms with Gasteiger partial charge in [0.15, 0.2) is 0 Å². The van der Waals surface area contributed by atoms with Crippen LogP contribution in [-0.2, 0) is 11.3 Å². The zero-order valence-electron chi connectivity index (χ0n) is 12.0. The molecule has 1 N–H and O–H groups in total. The van der Waals surface area contributed by atoms with Gasteiger partial charge < -0.3 is 10.0 Å². The second-order valence-corrected chi connectivity index (χ2v) is 5.25. The van der Waals surface area contributed by atoms with Crippen molar-refractivity contribution in [3.63, 3.8) is 0 Å². The molecule has 0 saturated carbocycles. The number of carbonyl (C=O) groups is 2. The van der Waals surface area contributed by atoms with Crippen LogP contribution in [0.25, 0.3) is 0 Å². The molecule has 0 radical (unpaired) electrons. The van der Waals surface area contributed by atoms with Gasteiger partial charge in [0.05, 0.1) is 5.56 Å². The minimum Gasteiger partial charge on any atom is -0.478 e. The van der Waals surface area contributed by atoms with E-state index in [-0.39, 0.29) is 11.5 Å². The van der Waals surface area contributed by atoms with Crippen LogP contribution in [0, 0.1) is 5.82 Å². The van der Waals surface area contributed by atoms with E-state index in [1.165, 1.54) is 18.2 Å². The number of nitrogens with zero attached hydrogens (tertiary/aromatic N) is 2. The topological polar surface area (TPSA) is 60.9 Å². The van der Waals surface area contributed by atoms with Crippen LogP contribution in [0.3, 0.4) is 0 Å². The Balaban J connectivity index is 2.06. The maximum absolute atomic E-state index is 13.8. The van der Waals surface area contributed by atoms with Gasteiger partial charge in [0, 0.05) is 45.2 Å². The summed E-state index contributed by atoms with van der Waals surface area (Å²) in [4.78, 5) is 26.2. The first-order valence-electron chi connectivity index (χ1n) is 6.97. The van der Waals surface area contributed by atoms with Crippen molar-refractivity contribution < 1.29 is 19.1 Å². The number of carboxylic acids is 1. The molecule has 1 amide bonds. The SMILES string of the molecule is CC(=O)N1CCCN(Cc2cc(C(=O)O)ccc2F)CC1. The van der Waals surface area contributed by atoms with Crippen molar-refractivity contribution in [2.24, 2.45) is 0 Å². The highest BCUT2D eigenvalue weighted by atomic mass is 19.1. The van der Waals surface area contributed by atoms with Crippen molar-refractivity contribution in [2.45, 2.75) is 19.9 Å². The number of halogens is 1. The summed E-state index contributed by atoms with van der Waals surface area (Å²) in [6, 6.07) is 3.84. The summed E-state index contributed by atoms with van der Waals surface area (Å²) >= 11 is 0. The molecule has 0 spiro atoms. The second kappa shape index (κ2) is 6.67. The third-order valence-corrected chi connectivity index (χ3v) is 3.72. The average Bonchev–Trinajstić information content (AvgIpc) is 2.66. The second-order valence-electron chi connectivity index (χ2n) is 5.25. The van der Waals surface area contributed by atoms with Gasteiger partial charge in [0.25, 0.3) is 0 Å². The van der Waals surface area contributed by atoms with Crippen molar-refractivity contribution >= 4 is 11.9 Å². The molecule has 114 valence electrons. The highest BCUT2D eigenvalue weighted by Crippen LogP contribution is 2.15. The van der Waals surface area contributed by atoms with E-state index in [1.54, 1.807) is 11.8 Å². The van der Waals surface area contributed by atoms with Crippen molar-refractivity contribution in [1.29, 1.82) is 0 Å². The zero-order chi connectivity index (χ0) is 15.4. The fourth-order valence-electron chi connectivity index (χ4n) is 2.51. The fourth-order valence-corrected chi connectivity index (χ4v) is 2.51. The third kappa shape index (κ3) is 4.01. The Morgan fingerprint density at radius 3 is 2.67 bits per heavy atom. The summed E-state index contributed by atoms with van der Waals surface area (Å²) < 4.78 is 13.8. The van der Waals surface area contributed by atoms with Crippen LogP contribution in [-0.4, -0.2) is 53.0 Å². The maximum Gasteiger partial charge on any atom is 0.335 e. The number of carbonyl (C=O) groups excluding carboxylic acids is 1. The Bertz CT molecular complexity index is 548. The predicted molar refractivity (Wildman–Crippen MR) is 75.5 cm³/mol. The summed E-state index contributed by atoms with van der Waals surface area (Å²) in [6.07, 6.45) is 0.833. The van der Waals surface area contributed by atoms with Crippen LogP contribution in [0.4, 0.5) is 4.39 Å². The zero-order valence-corrected chi connectivity index (χ0v) is 12.0. The monoisotopic (exact) mass is 294 g/mol. The molecule has 0 unspecified atom stereocenters. The number of amides is 1. The molecular weight excluding hydrogens is 275 g/mol. The summed E-state index contributed by atoms with van der Waals surface area (Å²) in [5.74, 6) is -1.40. The lowest BCUT2D eigenvalue weighted by molar-refractivity contribution is -0.128. The van der Waals surface area contributed by atoms with Crippen LogP contribution in [0.1, 0.15) is 29.3 Å². The summed E-state index contributed by atoms with van der Waals surface area (Å²) in [7, 11) is 0.